The minimum Gasteiger partial charge on any atom is -0.444 e. The van der Waals surface area contributed by atoms with Crippen LogP contribution in [-0.4, -0.2) is 53.0 Å². The van der Waals surface area contributed by atoms with Gasteiger partial charge in [-0.1, -0.05) is 84.9 Å². The number of amides is 2. The minimum atomic E-state index is -0.592. The van der Waals surface area contributed by atoms with Crippen molar-refractivity contribution in [3.8, 4) is 11.1 Å². The predicted octanol–water partition coefficient (Wildman–Crippen LogP) is 10.4. The number of ketones is 2. The number of nitrogens with zero attached hydrogens (tertiary/aromatic N) is 1. The third kappa shape index (κ3) is 13.5. The van der Waals surface area contributed by atoms with Gasteiger partial charge in [-0.25, -0.2) is 9.59 Å². The van der Waals surface area contributed by atoms with Gasteiger partial charge in [0, 0.05) is 47.7 Å². The Morgan fingerprint density at radius 2 is 1.00 bits per heavy atom. The van der Waals surface area contributed by atoms with E-state index < -0.39 is 23.4 Å². The highest BCUT2D eigenvalue weighted by molar-refractivity contribution is 6.00. The number of hydrogen-bond donors (Lipinski definition) is 3. The Morgan fingerprint density at radius 3 is 1.45 bits per heavy atom. The van der Waals surface area contributed by atoms with E-state index in [0.29, 0.717) is 28.4 Å². The summed E-state index contributed by atoms with van der Waals surface area (Å²) in [5.74, 6) is 0.573. The Labute approximate surface area is 341 Å². The molecule has 10 nitrogen and oxygen atoms in total. The molecule has 1 fully saturated rings. The van der Waals surface area contributed by atoms with Gasteiger partial charge in [-0.15, -0.1) is 0 Å². The minimum absolute atomic E-state index is 0.0234. The normalized spacial score (nSPS) is 13.0. The highest BCUT2D eigenvalue weighted by Crippen LogP contribution is 2.27. The van der Waals surface area contributed by atoms with Crippen LogP contribution >= 0.6 is 0 Å². The first kappa shape index (κ1) is 43.0. The van der Waals surface area contributed by atoms with E-state index in [9.17, 15) is 19.2 Å². The van der Waals surface area contributed by atoms with Gasteiger partial charge in [0.2, 0.25) is 0 Å². The van der Waals surface area contributed by atoms with Gasteiger partial charge in [0.25, 0.3) is 0 Å². The molecule has 0 bridgehead atoms. The summed E-state index contributed by atoms with van der Waals surface area (Å²) >= 11 is 0. The zero-order valence-corrected chi connectivity index (χ0v) is 34.3. The topological polar surface area (TPSA) is 136 Å². The number of piperidine rings is 1. The fourth-order valence-electron chi connectivity index (χ4n) is 6.46. The van der Waals surface area contributed by atoms with E-state index in [1.165, 1.54) is 5.56 Å². The second kappa shape index (κ2) is 19.8. The molecular formula is C48H54N4O6. The zero-order chi connectivity index (χ0) is 41.7. The average molecular weight is 783 g/mol. The van der Waals surface area contributed by atoms with Gasteiger partial charge in [-0.05, 0) is 125 Å². The molecule has 1 aliphatic heterocycles. The molecule has 0 unspecified atom stereocenters. The standard InChI is InChI=1S/C24H30N2O3.C24H24N2O3/c2*1-24(2,3)29-23(28)26-21-7-5-4-6-20(21)16-22(27)19-10-8-17(9-11-19)18-12-14-25-15-13-18/h4-11,18,25H,12-16H2,1-3H3,(H,26,28);4-15H,16H2,1-3H3,(H,26,28). The number of anilines is 2. The summed E-state index contributed by atoms with van der Waals surface area (Å²) in [5, 5.41) is 8.87. The van der Waals surface area contributed by atoms with Crippen LogP contribution in [0.15, 0.2) is 122 Å². The van der Waals surface area contributed by atoms with E-state index in [4.69, 9.17) is 9.47 Å². The van der Waals surface area contributed by atoms with Gasteiger partial charge < -0.3 is 14.8 Å². The maximum Gasteiger partial charge on any atom is 0.412 e. The van der Waals surface area contributed by atoms with E-state index in [0.717, 1.165) is 48.2 Å². The van der Waals surface area contributed by atoms with Crippen molar-refractivity contribution in [3.05, 3.63) is 149 Å². The van der Waals surface area contributed by atoms with Crippen LogP contribution < -0.4 is 16.0 Å². The summed E-state index contributed by atoms with van der Waals surface area (Å²) < 4.78 is 10.6. The summed E-state index contributed by atoms with van der Waals surface area (Å²) in [4.78, 5) is 53.8. The second-order valence-electron chi connectivity index (χ2n) is 16.2. The van der Waals surface area contributed by atoms with Crippen molar-refractivity contribution in [1.82, 2.24) is 10.3 Å². The van der Waals surface area contributed by atoms with Crippen molar-refractivity contribution < 1.29 is 28.7 Å². The number of carbonyl (C=O) groups is 4. The lowest BCUT2D eigenvalue weighted by Crippen LogP contribution is -2.27. The monoisotopic (exact) mass is 782 g/mol. The Balaban J connectivity index is 0.000000221. The Hall–Kier alpha value is -6.13. The lowest BCUT2D eigenvalue weighted by atomic mass is 9.89. The van der Waals surface area contributed by atoms with E-state index in [2.05, 4.69) is 33.1 Å². The smallest absolute Gasteiger partial charge is 0.412 e. The second-order valence-corrected chi connectivity index (χ2v) is 16.2. The Morgan fingerprint density at radius 1 is 0.586 bits per heavy atom. The van der Waals surface area contributed by atoms with Crippen LogP contribution in [-0.2, 0) is 22.3 Å². The molecule has 58 heavy (non-hydrogen) atoms. The van der Waals surface area contributed by atoms with Crippen LogP contribution in [0, 0.1) is 0 Å². The number of ether oxygens (including phenoxy) is 2. The zero-order valence-electron chi connectivity index (χ0n) is 34.3. The third-order valence-electron chi connectivity index (χ3n) is 9.27. The molecule has 10 heteroatoms. The van der Waals surface area contributed by atoms with E-state index in [1.54, 1.807) is 45.3 Å². The van der Waals surface area contributed by atoms with Crippen molar-refractivity contribution in [3.63, 3.8) is 0 Å². The lowest BCUT2D eigenvalue weighted by molar-refractivity contribution is 0.0624. The van der Waals surface area contributed by atoms with Gasteiger partial charge in [0.05, 0.1) is 0 Å². The molecule has 4 aromatic carbocycles. The number of pyridine rings is 1. The molecule has 2 amide bonds. The van der Waals surface area contributed by atoms with Crippen LogP contribution in [0.2, 0.25) is 0 Å². The number of hydrogen-bond acceptors (Lipinski definition) is 8. The molecule has 1 saturated heterocycles. The number of aromatic nitrogens is 1. The number of benzene rings is 4. The van der Waals surface area contributed by atoms with Crippen molar-refractivity contribution in [2.75, 3.05) is 23.7 Å². The SMILES string of the molecule is CC(C)(C)OC(=O)Nc1ccccc1CC(=O)c1ccc(-c2ccncc2)cc1.CC(C)(C)OC(=O)Nc1ccccc1CC(=O)c1ccc(C2CCNCC2)cc1. The molecule has 5 aromatic rings. The first-order chi connectivity index (χ1) is 27.6. The molecule has 6 rings (SSSR count). The molecule has 0 spiro atoms. The lowest BCUT2D eigenvalue weighted by Gasteiger charge is -2.23. The number of nitrogens with one attached hydrogen (secondary N) is 3. The Kier molecular flexibility index (Phi) is 14.7. The van der Waals surface area contributed by atoms with Crippen LogP contribution in [0.4, 0.5) is 21.0 Å². The van der Waals surface area contributed by atoms with Crippen LogP contribution in [0.1, 0.15) is 97.7 Å². The van der Waals surface area contributed by atoms with Gasteiger partial charge in [-0.3, -0.25) is 25.2 Å². The molecule has 1 aliphatic rings. The highest BCUT2D eigenvalue weighted by Gasteiger charge is 2.20. The fourth-order valence-corrected chi connectivity index (χ4v) is 6.46. The summed E-state index contributed by atoms with van der Waals surface area (Å²) in [6.45, 7) is 13.0. The molecule has 1 aromatic heterocycles. The number of Topliss-reactive ketones (excluding diaryl/α,β-unsaturated/α-hetero) is 2. The fraction of sp³-hybridized carbons (Fsp3) is 0.312. The summed E-state index contributed by atoms with van der Waals surface area (Å²) in [6.07, 6.45) is 5.09. The highest BCUT2D eigenvalue weighted by atomic mass is 16.6. The largest absolute Gasteiger partial charge is 0.444 e. The third-order valence-corrected chi connectivity index (χ3v) is 9.27. The predicted molar refractivity (Wildman–Crippen MR) is 230 cm³/mol. The maximum absolute atomic E-state index is 12.8. The molecule has 3 N–H and O–H groups in total. The molecule has 0 atom stereocenters. The van der Waals surface area contributed by atoms with Crippen molar-refractivity contribution in [2.24, 2.45) is 0 Å². The number of para-hydroxylation sites is 2. The first-order valence-corrected chi connectivity index (χ1v) is 19.7. The molecular weight excluding hydrogens is 729 g/mol. The molecule has 0 aliphatic carbocycles. The van der Waals surface area contributed by atoms with Gasteiger partial charge >= 0.3 is 12.2 Å². The van der Waals surface area contributed by atoms with Crippen molar-refractivity contribution >= 4 is 35.1 Å². The molecule has 0 radical (unpaired) electrons. The van der Waals surface area contributed by atoms with Crippen LogP contribution in [0.3, 0.4) is 0 Å². The van der Waals surface area contributed by atoms with E-state index in [1.807, 2.05) is 106 Å². The quantitative estimate of drug-likeness (QED) is 0.119. The molecule has 2 heterocycles. The summed E-state index contributed by atoms with van der Waals surface area (Å²) in [5.41, 5.74) is 6.19. The van der Waals surface area contributed by atoms with Gasteiger partial charge in [-0.2, -0.15) is 0 Å². The number of carbonyl (C=O) groups excluding carboxylic acids is 4. The van der Waals surface area contributed by atoms with E-state index in [-0.39, 0.29) is 24.4 Å². The first-order valence-electron chi connectivity index (χ1n) is 19.7. The van der Waals surface area contributed by atoms with Crippen molar-refractivity contribution in [1.29, 1.82) is 0 Å². The van der Waals surface area contributed by atoms with Gasteiger partial charge in [0.1, 0.15) is 11.2 Å². The Bertz CT molecular complexity index is 2150. The molecule has 302 valence electrons. The average Bonchev–Trinajstić information content (AvgIpc) is 3.19. The summed E-state index contributed by atoms with van der Waals surface area (Å²) in [7, 11) is 0. The molecule has 0 saturated carbocycles. The van der Waals surface area contributed by atoms with Gasteiger partial charge in [0.15, 0.2) is 11.6 Å². The maximum atomic E-state index is 12.8. The van der Waals surface area contributed by atoms with E-state index >= 15 is 0 Å². The van der Waals surface area contributed by atoms with Crippen LogP contribution in [0.5, 0.6) is 0 Å². The van der Waals surface area contributed by atoms with Crippen molar-refractivity contribution in [2.45, 2.75) is 84.3 Å². The number of rotatable bonds is 10. The van der Waals surface area contributed by atoms with Crippen LogP contribution in [0.25, 0.3) is 11.1 Å². The summed E-state index contributed by atoms with van der Waals surface area (Å²) in [6, 6.07) is 33.9.